The van der Waals surface area contributed by atoms with Crippen molar-refractivity contribution >= 4 is 22.3 Å². The summed E-state index contributed by atoms with van der Waals surface area (Å²) in [5.74, 6) is 1.33. The topological polar surface area (TPSA) is 73.9 Å². The summed E-state index contributed by atoms with van der Waals surface area (Å²) in [5.41, 5.74) is 2.28. The van der Waals surface area contributed by atoms with Crippen LogP contribution in [0.5, 0.6) is 5.75 Å². The first kappa shape index (κ1) is 13.0. The lowest BCUT2D eigenvalue weighted by atomic mass is 10.2. The Bertz CT molecular complexity index is 722. The Hall–Kier alpha value is -2.05. The summed E-state index contributed by atoms with van der Waals surface area (Å²) in [6.45, 7) is 0. The first-order valence-electron chi connectivity index (χ1n) is 6.01. The highest BCUT2D eigenvalue weighted by Gasteiger charge is 2.15. The van der Waals surface area contributed by atoms with Crippen LogP contribution >= 0.6 is 0 Å². The Morgan fingerprint density at radius 1 is 1.30 bits per heavy atom. The number of imidazole rings is 1. The van der Waals surface area contributed by atoms with E-state index in [1.165, 1.54) is 0 Å². The van der Waals surface area contributed by atoms with Crippen molar-refractivity contribution in [2.24, 2.45) is 0 Å². The Morgan fingerprint density at radius 3 is 2.85 bits per heavy atom. The minimum Gasteiger partial charge on any atom is -0.612 e. The molecule has 0 spiro atoms. The second-order valence-corrected chi connectivity index (χ2v) is 5.66. The molecule has 6 heteroatoms. The molecule has 20 heavy (non-hydrogen) atoms. The van der Waals surface area contributed by atoms with E-state index in [2.05, 4.69) is 15.0 Å². The molecule has 0 saturated carbocycles. The van der Waals surface area contributed by atoms with Gasteiger partial charge in [0.1, 0.15) is 17.8 Å². The van der Waals surface area contributed by atoms with Gasteiger partial charge in [0, 0.05) is 12.3 Å². The van der Waals surface area contributed by atoms with Crippen LogP contribution in [0.1, 0.15) is 0 Å². The zero-order chi connectivity index (χ0) is 14.1. The summed E-state index contributed by atoms with van der Waals surface area (Å²) in [4.78, 5) is 12.6. The van der Waals surface area contributed by atoms with Crippen molar-refractivity contribution in [1.29, 1.82) is 0 Å². The molecule has 5 nitrogen and oxygen atoms in total. The van der Waals surface area contributed by atoms with Crippen molar-refractivity contribution in [3.63, 3.8) is 0 Å². The molecule has 102 valence electrons. The van der Waals surface area contributed by atoms with Crippen LogP contribution < -0.4 is 4.74 Å². The van der Waals surface area contributed by atoms with Gasteiger partial charge < -0.3 is 14.3 Å². The monoisotopic (exact) mass is 287 g/mol. The highest BCUT2D eigenvalue weighted by atomic mass is 32.2. The van der Waals surface area contributed by atoms with Crippen molar-refractivity contribution in [2.45, 2.75) is 4.90 Å². The van der Waals surface area contributed by atoms with E-state index in [4.69, 9.17) is 4.74 Å². The van der Waals surface area contributed by atoms with Gasteiger partial charge in [-0.2, -0.15) is 0 Å². The number of hydrogen-bond acceptors (Lipinski definition) is 4. The van der Waals surface area contributed by atoms with Gasteiger partial charge in [-0.1, -0.05) is 0 Å². The molecule has 0 amide bonds. The van der Waals surface area contributed by atoms with Crippen molar-refractivity contribution < 1.29 is 9.29 Å². The third kappa shape index (κ3) is 2.23. The van der Waals surface area contributed by atoms with Crippen molar-refractivity contribution in [2.75, 3.05) is 13.4 Å². The summed E-state index contributed by atoms with van der Waals surface area (Å²) in [5, 5.41) is 0. The van der Waals surface area contributed by atoms with Crippen molar-refractivity contribution in [1.82, 2.24) is 15.0 Å². The first-order chi connectivity index (χ1) is 9.69. The van der Waals surface area contributed by atoms with Gasteiger partial charge in [-0.3, -0.25) is 0 Å². The van der Waals surface area contributed by atoms with Crippen LogP contribution in [0.2, 0.25) is 0 Å². The highest BCUT2D eigenvalue weighted by Crippen LogP contribution is 2.31. The predicted octanol–water partition coefficient (Wildman–Crippen LogP) is 2.37. The van der Waals surface area contributed by atoms with Crippen LogP contribution in [0.4, 0.5) is 0 Å². The molecule has 3 aromatic rings. The lowest BCUT2D eigenvalue weighted by Gasteiger charge is -2.09. The molecule has 0 aliphatic rings. The molecule has 1 N–H and O–H groups in total. The number of nitrogens with one attached hydrogen (secondary N) is 1. The maximum atomic E-state index is 11.6. The Labute approximate surface area is 119 Å². The third-order valence-electron chi connectivity index (χ3n) is 3.02. The summed E-state index contributed by atoms with van der Waals surface area (Å²) < 4.78 is 17.0. The van der Waals surface area contributed by atoms with Crippen molar-refractivity contribution in [3.8, 4) is 17.1 Å². The van der Waals surface area contributed by atoms with Gasteiger partial charge in [-0.05, 0) is 35.4 Å². The smallest absolute Gasteiger partial charge is 0.178 e. The SMILES string of the molecule is COc1ccc([S+](C)[O-])cc1-c1nc2ncccc2[nH]1. The fourth-order valence-electron chi connectivity index (χ4n) is 2.02. The van der Waals surface area contributed by atoms with E-state index >= 15 is 0 Å². The number of hydrogen-bond donors (Lipinski definition) is 1. The van der Waals surface area contributed by atoms with E-state index in [0.717, 1.165) is 16.0 Å². The summed E-state index contributed by atoms with van der Waals surface area (Å²) in [6, 6.07) is 9.17. The molecule has 0 radical (unpaired) electrons. The van der Waals surface area contributed by atoms with Gasteiger partial charge >= 0.3 is 0 Å². The Balaban J connectivity index is 2.18. The van der Waals surface area contributed by atoms with Gasteiger partial charge in [-0.25, -0.2) is 9.97 Å². The zero-order valence-electron chi connectivity index (χ0n) is 11.1. The predicted molar refractivity (Wildman–Crippen MR) is 78.2 cm³/mol. The van der Waals surface area contributed by atoms with Gasteiger partial charge in [0.05, 0.1) is 18.2 Å². The number of rotatable bonds is 3. The standard InChI is InChI=1S/C14H13N3O2S/c1-19-12-6-5-9(20(2)18)8-10(12)13-16-11-4-3-7-15-14(11)17-13/h3-8H,1-2H3,(H,15,16,17). The highest BCUT2D eigenvalue weighted by molar-refractivity contribution is 7.90. The Kier molecular flexibility index (Phi) is 3.33. The fourth-order valence-corrected chi connectivity index (χ4v) is 2.57. The molecular formula is C14H13N3O2S. The van der Waals surface area contributed by atoms with E-state index < -0.39 is 11.2 Å². The minimum atomic E-state index is -1.05. The second kappa shape index (κ2) is 5.15. The lowest BCUT2D eigenvalue weighted by Crippen LogP contribution is -1.99. The molecule has 2 heterocycles. The van der Waals surface area contributed by atoms with E-state index in [-0.39, 0.29) is 0 Å². The number of benzene rings is 1. The molecule has 2 aromatic heterocycles. The molecule has 1 aromatic carbocycles. The first-order valence-corrected chi connectivity index (χ1v) is 7.57. The molecular weight excluding hydrogens is 274 g/mol. The van der Waals surface area contributed by atoms with Crippen molar-refractivity contribution in [3.05, 3.63) is 36.5 Å². The molecule has 0 aliphatic heterocycles. The number of fused-ring (bicyclic) bond motifs is 1. The number of H-pyrrole nitrogens is 1. The van der Waals surface area contributed by atoms with Crippen LogP contribution in [-0.2, 0) is 11.2 Å². The summed E-state index contributed by atoms with van der Waals surface area (Å²) >= 11 is -1.05. The van der Waals surface area contributed by atoms with Gasteiger partial charge in [0.2, 0.25) is 0 Å². The molecule has 1 unspecified atom stereocenters. The van der Waals surface area contributed by atoms with Gasteiger partial charge in [0.15, 0.2) is 10.5 Å². The number of aromatic amines is 1. The number of aromatic nitrogens is 3. The maximum Gasteiger partial charge on any atom is 0.178 e. The quantitative estimate of drug-likeness (QED) is 0.750. The van der Waals surface area contributed by atoms with Crippen LogP contribution in [0.15, 0.2) is 41.4 Å². The normalized spacial score (nSPS) is 12.6. The van der Waals surface area contributed by atoms with Gasteiger partial charge in [0.25, 0.3) is 0 Å². The van der Waals surface area contributed by atoms with E-state index in [1.54, 1.807) is 31.7 Å². The van der Waals surface area contributed by atoms with E-state index in [9.17, 15) is 4.55 Å². The third-order valence-corrected chi connectivity index (χ3v) is 3.93. The average Bonchev–Trinajstić information content (AvgIpc) is 2.90. The average molecular weight is 287 g/mol. The van der Waals surface area contributed by atoms with E-state index in [1.807, 2.05) is 18.2 Å². The van der Waals surface area contributed by atoms with Crippen LogP contribution in [0.25, 0.3) is 22.6 Å². The Morgan fingerprint density at radius 2 is 2.15 bits per heavy atom. The molecule has 1 atom stereocenters. The largest absolute Gasteiger partial charge is 0.612 e. The molecule has 0 bridgehead atoms. The van der Waals surface area contributed by atoms with Crippen LogP contribution in [-0.4, -0.2) is 32.9 Å². The summed E-state index contributed by atoms with van der Waals surface area (Å²) in [7, 11) is 1.60. The number of nitrogens with zero attached hydrogens (tertiary/aromatic N) is 2. The van der Waals surface area contributed by atoms with Crippen LogP contribution in [0.3, 0.4) is 0 Å². The molecule has 0 saturated heterocycles. The fraction of sp³-hybridized carbons (Fsp3) is 0.143. The van der Waals surface area contributed by atoms with E-state index in [0.29, 0.717) is 17.2 Å². The second-order valence-electron chi connectivity index (χ2n) is 4.28. The number of ether oxygens (including phenoxy) is 1. The number of pyridine rings is 1. The summed E-state index contributed by atoms with van der Waals surface area (Å²) in [6.07, 6.45) is 3.34. The van der Waals surface area contributed by atoms with Crippen LogP contribution in [0, 0.1) is 0 Å². The minimum absolute atomic E-state index is 0.646. The zero-order valence-corrected chi connectivity index (χ0v) is 11.9. The maximum absolute atomic E-state index is 11.6. The molecule has 3 rings (SSSR count). The molecule has 0 fully saturated rings. The lowest BCUT2D eigenvalue weighted by molar-refractivity contribution is 0.416. The number of methoxy groups -OCH3 is 1. The molecule has 0 aliphatic carbocycles. The van der Waals surface area contributed by atoms with Gasteiger partial charge in [-0.15, -0.1) is 0 Å².